The molecule has 9 nitrogen and oxygen atoms in total. The predicted octanol–water partition coefficient (Wildman–Crippen LogP) is -12.7. The number of hydrogen-bond acceptors (Lipinski definition) is 9. The maximum Gasteiger partial charge on any atom is 1.00 e. The smallest absolute Gasteiger partial charge is 0.546 e. The Kier molecular flexibility index (Phi) is 12.7. The van der Waals surface area contributed by atoms with Gasteiger partial charge in [-0.15, -0.1) is 0 Å². The summed E-state index contributed by atoms with van der Waals surface area (Å²) in [6.45, 7) is -1.09. The standard InChI is InChI=1S/C7H12O9.2Na/c8-1-2(9)3(10)4(11)7(16,5(12)13)6(14)15;;/h2-4,8-11,16H,1H2,(H,12,13)(H,14,15);;/q;2*+1/p-2/t2-,3-,4+;;/m1../s1. The van der Waals surface area contributed by atoms with Crippen LogP contribution in [0.5, 0.6) is 0 Å². The van der Waals surface area contributed by atoms with Crippen LogP contribution < -0.4 is 69.3 Å². The van der Waals surface area contributed by atoms with Crippen molar-refractivity contribution in [2.75, 3.05) is 6.61 Å². The van der Waals surface area contributed by atoms with E-state index in [-0.39, 0.29) is 59.1 Å². The van der Waals surface area contributed by atoms with E-state index >= 15 is 0 Å². The summed E-state index contributed by atoms with van der Waals surface area (Å²) < 4.78 is 0. The van der Waals surface area contributed by atoms with Crippen molar-refractivity contribution in [3.63, 3.8) is 0 Å². The van der Waals surface area contributed by atoms with Gasteiger partial charge in [0.15, 0.2) is 5.60 Å². The molecule has 0 saturated carbocycles. The molecule has 0 radical (unpaired) electrons. The molecular weight excluding hydrogens is 274 g/mol. The molecule has 0 amide bonds. The van der Waals surface area contributed by atoms with E-state index in [1.807, 2.05) is 0 Å². The molecule has 0 aromatic carbocycles. The Morgan fingerprint density at radius 2 is 1.39 bits per heavy atom. The zero-order valence-corrected chi connectivity index (χ0v) is 13.8. The van der Waals surface area contributed by atoms with E-state index in [9.17, 15) is 19.8 Å². The third-order valence-electron chi connectivity index (χ3n) is 1.96. The van der Waals surface area contributed by atoms with Crippen LogP contribution in [-0.4, -0.2) is 68.0 Å². The fourth-order valence-corrected chi connectivity index (χ4v) is 0.890. The van der Waals surface area contributed by atoms with E-state index in [2.05, 4.69) is 0 Å². The number of carboxylic acids is 2. The second kappa shape index (κ2) is 9.61. The molecule has 0 fully saturated rings. The van der Waals surface area contributed by atoms with Gasteiger partial charge in [0.1, 0.15) is 18.3 Å². The average molecular weight is 284 g/mol. The van der Waals surface area contributed by atoms with Gasteiger partial charge in [0.25, 0.3) is 0 Å². The maximum atomic E-state index is 10.3. The monoisotopic (exact) mass is 284 g/mol. The average Bonchev–Trinajstić information content (AvgIpc) is 2.23. The summed E-state index contributed by atoms with van der Waals surface area (Å²) in [5.74, 6) is -5.24. The van der Waals surface area contributed by atoms with Gasteiger partial charge >= 0.3 is 59.1 Å². The van der Waals surface area contributed by atoms with E-state index in [1.54, 1.807) is 0 Å². The summed E-state index contributed by atoms with van der Waals surface area (Å²) in [6.07, 6.45) is -7.28. The number of aliphatic carboxylic acids is 2. The van der Waals surface area contributed by atoms with Crippen molar-refractivity contribution in [1.29, 1.82) is 0 Å². The molecule has 5 N–H and O–H groups in total. The normalized spacial score (nSPS) is 15.6. The number of hydrogen-bond donors (Lipinski definition) is 5. The van der Waals surface area contributed by atoms with Gasteiger partial charge in [0, 0.05) is 0 Å². The van der Waals surface area contributed by atoms with Crippen molar-refractivity contribution in [2.24, 2.45) is 0 Å². The summed E-state index contributed by atoms with van der Waals surface area (Å²) in [5.41, 5.74) is -3.89. The number of rotatable bonds is 6. The number of carbonyl (C=O) groups is 2. The summed E-state index contributed by atoms with van der Waals surface area (Å²) in [7, 11) is 0. The number of carbonyl (C=O) groups excluding carboxylic acids is 2. The Morgan fingerprint density at radius 1 is 1.06 bits per heavy atom. The van der Waals surface area contributed by atoms with Gasteiger partial charge in [0.2, 0.25) is 0 Å². The van der Waals surface area contributed by atoms with Crippen LogP contribution in [0.15, 0.2) is 0 Å². The van der Waals surface area contributed by atoms with Crippen molar-refractivity contribution in [2.45, 2.75) is 23.9 Å². The van der Waals surface area contributed by atoms with Crippen molar-refractivity contribution in [1.82, 2.24) is 0 Å². The van der Waals surface area contributed by atoms with Crippen LogP contribution in [0.4, 0.5) is 0 Å². The molecule has 0 aliphatic heterocycles. The molecule has 0 heterocycles. The van der Waals surface area contributed by atoms with Gasteiger partial charge in [-0.05, 0) is 0 Å². The van der Waals surface area contributed by atoms with E-state index in [0.29, 0.717) is 0 Å². The molecule has 0 rings (SSSR count). The van der Waals surface area contributed by atoms with Crippen LogP contribution in [0.3, 0.4) is 0 Å². The van der Waals surface area contributed by atoms with E-state index in [0.717, 1.165) is 0 Å². The third-order valence-corrected chi connectivity index (χ3v) is 1.96. The van der Waals surface area contributed by atoms with Crippen molar-refractivity contribution in [3.05, 3.63) is 0 Å². The van der Waals surface area contributed by atoms with Crippen molar-refractivity contribution >= 4 is 11.9 Å². The molecule has 94 valence electrons. The summed E-state index contributed by atoms with van der Waals surface area (Å²) in [6, 6.07) is 0. The topological polar surface area (TPSA) is 181 Å². The SMILES string of the molecule is O=C([O-])C(O)(C(=O)[O-])[C@@H](O)[C@H](O)[C@H](O)CO.[Na+].[Na+]. The zero-order chi connectivity index (χ0) is 13.1. The summed E-state index contributed by atoms with van der Waals surface area (Å²) in [4.78, 5) is 20.6. The molecule has 0 spiro atoms. The molecular formula is C7H10Na2O9. The largest absolute Gasteiger partial charge is 1.00 e. The first kappa shape index (κ1) is 23.8. The van der Waals surface area contributed by atoms with Gasteiger partial charge in [-0.1, -0.05) is 0 Å². The number of aliphatic hydroxyl groups excluding tert-OH is 4. The molecule has 11 heteroatoms. The van der Waals surface area contributed by atoms with Crippen LogP contribution in [0, 0.1) is 0 Å². The van der Waals surface area contributed by atoms with Gasteiger partial charge in [-0.25, -0.2) is 0 Å². The van der Waals surface area contributed by atoms with Gasteiger partial charge in [-0.2, -0.15) is 0 Å². The van der Waals surface area contributed by atoms with Gasteiger partial charge in [-0.3, -0.25) is 0 Å². The van der Waals surface area contributed by atoms with Crippen LogP contribution in [0.1, 0.15) is 0 Å². The predicted molar refractivity (Wildman–Crippen MR) is 40.1 cm³/mol. The van der Waals surface area contributed by atoms with E-state index in [1.165, 1.54) is 0 Å². The Bertz CT molecular complexity index is 270. The Morgan fingerprint density at radius 3 is 1.61 bits per heavy atom. The minimum absolute atomic E-state index is 0. The molecule has 0 unspecified atom stereocenters. The molecule has 3 atom stereocenters. The fraction of sp³-hybridized carbons (Fsp3) is 0.714. The fourth-order valence-electron chi connectivity index (χ4n) is 0.890. The minimum atomic E-state index is -3.89. The van der Waals surface area contributed by atoms with Gasteiger partial charge in [0.05, 0.1) is 18.5 Å². The summed E-state index contributed by atoms with van der Waals surface area (Å²) >= 11 is 0. The second-order valence-electron chi connectivity index (χ2n) is 3.03. The Hall–Kier alpha value is 0.740. The Balaban J connectivity index is -0.00000112. The first-order valence-corrected chi connectivity index (χ1v) is 3.99. The minimum Gasteiger partial charge on any atom is -0.546 e. The molecule has 0 aromatic rings. The molecule has 0 aliphatic carbocycles. The molecule has 18 heavy (non-hydrogen) atoms. The van der Waals surface area contributed by atoms with Crippen LogP contribution in [0.2, 0.25) is 0 Å². The maximum absolute atomic E-state index is 10.3. The molecule has 0 bridgehead atoms. The van der Waals surface area contributed by atoms with E-state index < -0.39 is 42.5 Å². The molecule has 0 aromatic heterocycles. The third kappa shape index (κ3) is 5.02. The van der Waals surface area contributed by atoms with Crippen LogP contribution >= 0.6 is 0 Å². The number of aliphatic hydroxyl groups is 5. The first-order chi connectivity index (χ1) is 7.19. The van der Waals surface area contributed by atoms with Crippen molar-refractivity contribution < 1.29 is 104 Å². The van der Waals surface area contributed by atoms with Crippen molar-refractivity contribution in [3.8, 4) is 0 Å². The number of carboxylic acid groups (broad SMARTS) is 2. The first-order valence-electron chi connectivity index (χ1n) is 3.99. The molecule has 0 aliphatic rings. The van der Waals surface area contributed by atoms with Crippen LogP contribution in [-0.2, 0) is 9.59 Å². The summed E-state index contributed by atoms with van der Waals surface area (Å²) in [5, 5.41) is 64.9. The van der Waals surface area contributed by atoms with Crippen LogP contribution in [0.25, 0.3) is 0 Å². The quantitative estimate of drug-likeness (QED) is 0.233. The molecule has 0 saturated heterocycles. The Labute approximate surface area is 146 Å². The second-order valence-corrected chi connectivity index (χ2v) is 3.03. The van der Waals surface area contributed by atoms with Gasteiger partial charge < -0.3 is 45.3 Å². The van der Waals surface area contributed by atoms with E-state index in [4.69, 9.17) is 25.5 Å². The zero-order valence-electron chi connectivity index (χ0n) is 9.81.